The summed E-state index contributed by atoms with van der Waals surface area (Å²) < 4.78 is 13.2. The molecule has 0 saturated heterocycles. The van der Waals surface area contributed by atoms with Gasteiger partial charge in [0.15, 0.2) is 0 Å². The summed E-state index contributed by atoms with van der Waals surface area (Å²) in [5.74, 6) is -1.54. The molecule has 0 fully saturated rings. The van der Waals surface area contributed by atoms with Gasteiger partial charge < -0.3 is 4.90 Å². The fraction of sp³-hybridized carbons (Fsp3) is 0.333. The smallest absolute Gasteiger partial charge is 0.305 e. The second-order valence-electron chi connectivity index (χ2n) is 4.11. The van der Waals surface area contributed by atoms with E-state index >= 15 is 0 Å². The fourth-order valence-electron chi connectivity index (χ4n) is 1.52. The minimum atomic E-state index is -1.00. The molecule has 19 heavy (non-hydrogen) atoms. The average molecular weight is 265 g/mol. The molecule has 0 saturated carbocycles. The minimum Gasteiger partial charge on any atom is -0.323 e. The number of nitro benzene ring substituents is 1. The Labute approximate surface area is 109 Å². The maximum atomic E-state index is 13.2. The maximum Gasteiger partial charge on any atom is 0.305 e. The molecule has 0 atom stereocenters. The monoisotopic (exact) mass is 265 g/mol. The van der Waals surface area contributed by atoms with E-state index in [4.69, 9.17) is 5.26 Å². The molecule has 1 aromatic rings. The van der Waals surface area contributed by atoms with Gasteiger partial charge in [-0.2, -0.15) is 9.65 Å². The van der Waals surface area contributed by atoms with Crippen LogP contribution in [0.25, 0.3) is 0 Å². The van der Waals surface area contributed by atoms with Crippen LogP contribution in [0.15, 0.2) is 18.2 Å². The zero-order valence-corrected chi connectivity index (χ0v) is 10.5. The predicted octanol–water partition coefficient (Wildman–Crippen LogP) is 2.11. The van der Waals surface area contributed by atoms with Gasteiger partial charge in [0.1, 0.15) is 6.54 Å². The van der Waals surface area contributed by atoms with E-state index in [0.29, 0.717) is 0 Å². The highest BCUT2D eigenvalue weighted by Gasteiger charge is 2.22. The molecule has 1 amide bonds. The van der Waals surface area contributed by atoms with Gasteiger partial charge in [0.05, 0.1) is 11.0 Å². The summed E-state index contributed by atoms with van der Waals surface area (Å²) in [7, 11) is 0. The topological polar surface area (TPSA) is 87.2 Å². The van der Waals surface area contributed by atoms with Gasteiger partial charge in [-0.15, -0.1) is 0 Å². The molecule has 0 N–H and O–H groups in total. The Hall–Kier alpha value is -2.49. The predicted molar refractivity (Wildman–Crippen MR) is 64.8 cm³/mol. The molecule has 0 aliphatic heterocycles. The molecule has 0 aliphatic carbocycles. The van der Waals surface area contributed by atoms with E-state index in [2.05, 4.69) is 0 Å². The third-order valence-electron chi connectivity index (χ3n) is 2.52. The van der Waals surface area contributed by atoms with E-state index in [1.165, 1.54) is 4.90 Å². The van der Waals surface area contributed by atoms with Gasteiger partial charge >= 0.3 is 5.69 Å². The van der Waals surface area contributed by atoms with E-state index in [9.17, 15) is 19.3 Å². The van der Waals surface area contributed by atoms with Crippen molar-refractivity contribution in [2.45, 2.75) is 19.9 Å². The maximum absolute atomic E-state index is 13.2. The second-order valence-corrected chi connectivity index (χ2v) is 4.11. The van der Waals surface area contributed by atoms with Crippen LogP contribution in [0, 0.1) is 27.3 Å². The Morgan fingerprint density at radius 1 is 1.58 bits per heavy atom. The summed E-state index contributed by atoms with van der Waals surface area (Å²) in [6, 6.07) is 4.52. The number of amides is 1. The quantitative estimate of drug-likeness (QED) is 0.474. The van der Waals surface area contributed by atoms with Gasteiger partial charge in [-0.05, 0) is 26.0 Å². The van der Waals surface area contributed by atoms with Crippen LogP contribution in [-0.4, -0.2) is 28.3 Å². The Morgan fingerprint density at radius 3 is 2.68 bits per heavy atom. The van der Waals surface area contributed by atoms with Crippen LogP contribution in [0.5, 0.6) is 0 Å². The molecule has 0 bridgehead atoms. The van der Waals surface area contributed by atoms with Gasteiger partial charge in [0, 0.05) is 17.7 Å². The van der Waals surface area contributed by atoms with Crippen LogP contribution in [0.1, 0.15) is 24.2 Å². The number of carbonyl (C=O) groups is 1. The van der Waals surface area contributed by atoms with Crippen molar-refractivity contribution in [1.82, 2.24) is 4.90 Å². The number of benzene rings is 1. The fourth-order valence-corrected chi connectivity index (χ4v) is 1.52. The molecular formula is C12H12FN3O3. The molecule has 0 heterocycles. The van der Waals surface area contributed by atoms with Crippen LogP contribution < -0.4 is 0 Å². The summed E-state index contributed by atoms with van der Waals surface area (Å²) in [5, 5.41) is 19.3. The number of carbonyl (C=O) groups excluding carboxylic acids is 1. The summed E-state index contributed by atoms with van der Waals surface area (Å²) in [6.07, 6.45) is 0. The van der Waals surface area contributed by atoms with Crippen LogP contribution in [-0.2, 0) is 0 Å². The van der Waals surface area contributed by atoms with Crippen molar-refractivity contribution in [1.29, 1.82) is 5.26 Å². The standard InChI is InChI=1S/C12H12FN3O3/c1-8(2)15(6-5-14)12(17)9-3-4-10(13)11(7-9)16(18)19/h3-4,7-8H,6H2,1-2H3. The van der Waals surface area contributed by atoms with E-state index in [-0.39, 0.29) is 18.2 Å². The van der Waals surface area contributed by atoms with E-state index in [1.54, 1.807) is 13.8 Å². The van der Waals surface area contributed by atoms with Crippen molar-refractivity contribution < 1.29 is 14.1 Å². The van der Waals surface area contributed by atoms with Crippen LogP contribution in [0.4, 0.5) is 10.1 Å². The Balaban J connectivity index is 3.16. The minimum absolute atomic E-state index is 0.0166. The lowest BCUT2D eigenvalue weighted by Gasteiger charge is -2.23. The lowest BCUT2D eigenvalue weighted by molar-refractivity contribution is -0.387. The zero-order valence-electron chi connectivity index (χ0n) is 10.5. The average Bonchev–Trinajstić information content (AvgIpc) is 2.35. The number of nitriles is 1. The van der Waals surface area contributed by atoms with Gasteiger partial charge in [0.2, 0.25) is 5.82 Å². The first-order valence-corrected chi connectivity index (χ1v) is 5.50. The molecule has 0 unspecified atom stereocenters. The van der Waals surface area contributed by atoms with Crippen LogP contribution in [0.3, 0.4) is 0 Å². The highest BCUT2D eigenvalue weighted by Crippen LogP contribution is 2.20. The third kappa shape index (κ3) is 3.25. The number of nitro groups is 1. The van der Waals surface area contributed by atoms with Gasteiger partial charge in [0.25, 0.3) is 5.91 Å². The molecule has 1 rings (SSSR count). The van der Waals surface area contributed by atoms with E-state index in [0.717, 1.165) is 18.2 Å². The van der Waals surface area contributed by atoms with Crippen molar-refractivity contribution in [2.75, 3.05) is 6.54 Å². The largest absolute Gasteiger partial charge is 0.323 e. The van der Waals surface area contributed by atoms with Gasteiger partial charge in [-0.1, -0.05) is 0 Å². The summed E-state index contributed by atoms with van der Waals surface area (Å²) in [4.78, 5) is 23.1. The molecule has 0 aromatic heterocycles. The Morgan fingerprint density at radius 2 is 2.21 bits per heavy atom. The van der Waals surface area contributed by atoms with Crippen molar-refractivity contribution in [3.8, 4) is 6.07 Å². The summed E-state index contributed by atoms with van der Waals surface area (Å²) >= 11 is 0. The van der Waals surface area contributed by atoms with Crippen molar-refractivity contribution in [3.05, 3.63) is 39.7 Å². The van der Waals surface area contributed by atoms with Crippen LogP contribution >= 0.6 is 0 Å². The van der Waals surface area contributed by atoms with E-state index < -0.39 is 22.3 Å². The first-order valence-electron chi connectivity index (χ1n) is 5.50. The number of rotatable bonds is 4. The van der Waals surface area contributed by atoms with Gasteiger partial charge in [-0.25, -0.2) is 0 Å². The third-order valence-corrected chi connectivity index (χ3v) is 2.52. The van der Waals surface area contributed by atoms with Gasteiger partial charge in [-0.3, -0.25) is 14.9 Å². The van der Waals surface area contributed by atoms with E-state index in [1.807, 2.05) is 6.07 Å². The Bertz CT molecular complexity index is 552. The van der Waals surface area contributed by atoms with Crippen LogP contribution in [0.2, 0.25) is 0 Å². The summed E-state index contributed by atoms with van der Waals surface area (Å²) in [6.45, 7) is 3.29. The number of hydrogen-bond donors (Lipinski definition) is 0. The molecule has 0 radical (unpaired) electrons. The molecule has 7 heteroatoms. The Kier molecular flexibility index (Phi) is 4.53. The summed E-state index contributed by atoms with van der Waals surface area (Å²) in [5.41, 5.74) is -0.774. The first kappa shape index (κ1) is 14.6. The van der Waals surface area contributed by atoms with Crippen molar-refractivity contribution in [3.63, 3.8) is 0 Å². The highest BCUT2D eigenvalue weighted by molar-refractivity contribution is 5.95. The SMILES string of the molecule is CC(C)N(CC#N)C(=O)c1ccc(F)c([N+](=O)[O-])c1. The first-order chi connectivity index (χ1) is 8.88. The van der Waals surface area contributed by atoms with Crippen molar-refractivity contribution >= 4 is 11.6 Å². The number of hydrogen-bond acceptors (Lipinski definition) is 4. The lowest BCUT2D eigenvalue weighted by Crippen LogP contribution is -2.37. The molecular weight excluding hydrogens is 253 g/mol. The second kappa shape index (κ2) is 5.91. The molecule has 0 spiro atoms. The molecule has 6 nitrogen and oxygen atoms in total. The lowest BCUT2D eigenvalue weighted by atomic mass is 10.1. The highest BCUT2D eigenvalue weighted by atomic mass is 19.1. The van der Waals surface area contributed by atoms with Crippen molar-refractivity contribution in [2.24, 2.45) is 0 Å². The number of halogens is 1. The normalized spacial score (nSPS) is 10.1. The zero-order chi connectivity index (χ0) is 14.6. The molecule has 100 valence electrons. The molecule has 1 aromatic carbocycles. The number of nitrogens with zero attached hydrogens (tertiary/aromatic N) is 3. The molecule has 0 aliphatic rings.